The summed E-state index contributed by atoms with van der Waals surface area (Å²) in [7, 11) is -3.76. The van der Waals surface area contributed by atoms with Gasteiger partial charge < -0.3 is 4.74 Å². The Morgan fingerprint density at radius 2 is 2.17 bits per heavy atom. The quantitative estimate of drug-likeness (QED) is 0.841. The fourth-order valence-electron chi connectivity index (χ4n) is 1.95. The normalized spacial score (nSPS) is 22.0. The molecule has 1 unspecified atom stereocenters. The van der Waals surface area contributed by atoms with Gasteiger partial charge in [-0.25, -0.2) is 12.8 Å². The number of nitrogens with zero attached hydrogens (tertiary/aromatic N) is 1. The van der Waals surface area contributed by atoms with Crippen LogP contribution in [0.2, 0.25) is 0 Å². The highest BCUT2D eigenvalue weighted by atomic mass is 32.2. The van der Waals surface area contributed by atoms with Crippen LogP contribution in [0.4, 0.5) is 4.39 Å². The fourth-order valence-corrected chi connectivity index (χ4v) is 3.47. The third kappa shape index (κ3) is 2.55. The van der Waals surface area contributed by atoms with Crippen molar-refractivity contribution in [3.8, 4) is 0 Å². The Hall–Kier alpha value is -0.980. The molecule has 4 nitrogen and oxygen atoms in total. The van der Waals surface area contributed by atoms with Crippen LogP contribution in [0, 0.1) is 5.82 Å². The van der Waals surface area contributed by atoms with Gasteiger partial charge in [-0.2, -0.15) is 4.31 Å². The van der Waals surface area contributed by atoms with Gasteiger partial charge in [0, 0.05) is 13.1 Å². The van der Waals surface area contributed by atoms with E-state index in [1.54, 1.807) is 0 Å². The molecule has 0 aromatic heterocycles. The summed E-state index contributed by atoms with van der Waals surface area (Å²) in [5.74, 6) is -0.711. The monoisotopic (exact) mass is 273 g/mol. The molecule has 1 aliphatic heterocycles. The lowest BCUT2D eigenvalue weighted by molar-refractivity contribution is -0.00283. The van der Waals surface area contributed by atoms with Gasteiger partial charge in [-0.05, 0) is 18.6 Å². The maximum Gasteiger partial charge on any atom is 0.246 e. The van der Waals surface area contributed by atoms with Crippen LogP contribution in [-0.2, 0) is 14.8 Å². The van der Waals surface area contributed by atoms with Crippen LogP contribution in [0.1, 0.15) is 13.3 Å². The smallest absolute Gasteiger partial charge is 0.246 e. The lowest BCUT2D eigenvalue weighted by Gasteiger charge is -2.31. The van der Waals surface area contributed by atoms with E-state index in [-0.39, 0.29) is 24.1 Å². The molecule has 1 heterocycles. The Kier molecular flexibility index (Phi) is 3.99. The average molecular weight is 273 g/mol. The van der Waals surface area contributed by atoms with Crippen molar-refractivity contribution in [2.75, 3.05) is 19.7 Å². The van der Waals surface area contributed by atoms with Crippen LogP contribution in [0.15, 0.2) is 29.2 Å². The molecule has 0 spiro atoms. The van der Waals surface area contributed by atoms with Crippen molar-refractivity contribution in [3.63, 3.8) is 0 Å². The molecule has 6 heteroatoms. The number of hydrogen-bond donors (Lipinski definition) is 0. The zero-order chi connectivity index (χ0) is 13.2. The van der Waals surface area contributed by atoms with Crippen LogP contribution >= 0.6 is 0 Å². The van der Waals surface area contributed by atoms with Crippen molar-refractivity contribution < 1.29 is 17.5 Å². The zero-order valence-corrected chi connectivity index (χ0v) is 11.0. The number of morpholine rings is 1. The molecule has 0 radical (unpaired) electrons. The first-order chi connectivity index (χ1) is 8.55. The third-order valence-corrected chi connectivity index (χ3v) is 4.91. The van der Waals surface area contributed by atoms with Crippen molar-refractivity contribution in [1.29, 1.82) is 0 Å². The first-order valence-electron chi connectivity index (χ1n) is 5.92. The molecule has 2 rings (SSSR count). The van der Waals surface area contributed by atoms with E-state index in [0.717, 1.165) is 12.5 Å². The van der Waals surface area contributed by atoms with E-state index in [9.17, 15) is 12.8 Å². The van der Waals surface area contributed by atoms with Crippen molar-refractivity contribution in [2.24, 2.45) is 0 Å². The second-order valence-electron chi connectivity index (χ2n) is 4.19. The van der Waals surface area contributed by atoms with Crippen LogP contribution < -0.4 is 0 Å². The SMILES string of the molecule is CCC1CN(S(=O)(=O)c2ccccc2F)CCO1. The number of benzene rings is 1. The summed E-state index contributed by atoms with van der Waals surface area (Å²) in [6.45, 7) is 2.84. The molecule has 0 amide bonds. The lowest BCUT2D eigenvalue weighted by atomic mass is 10.2. The van der Waals surface area contributed by atoms with Gasteiger partial charge in [-0.15, -0.1) is 0 Å². The predicted molar refractivity (Wildman–Crippen MR) is 65.2 cm³/mol. The van der Waals surface area contributed by atoms with E-state index >= 15 is 0 Å². The summed E-state index contributed by atoms with van der Waals surface area (Å²) in [6.07, 6.45) is 0.629. The van der Waals surface area contributed by atoms with E-state index in [0.29, 0.717) is 6.61 Å². The van der Waals surface area contributed by atoms with E-state index in [4.69, 9.17) is 4.74 Å². The topological polar surface area (TPSA) is 46.6 Å². The van der Waals surface area contributed by atoms with Crippen LogP contribution in [0.5, 0.6) is 0 Å². The molecular weight excluding hydrogens is 257 g/mol. The van der Waals surface area contributed by atoms with Crippen molar-refractivity contribution in [3.05, 3.63) is 30.1 Å². The summed E-state index contributed by atoms with van der Waals surface area (Å²) in [5.41, 5.74) is 0. The predicted octanol–water partition coefficient (Wildman–Crippen LogP) is 1.63. The fraction of sp³-hybridized carbons (Fsp3) is 0.500. The summed E-state index contributed by atoms with van der Waals surface area (Å²) in [4.78, 5) is -0.262. The molecule has 1 aromatic rings. The molecular formula is C12H16FNO3S. The zero-order valence-electron chi connectivity index (χ0n) is 10.2. The summed E-state index contributed by atoms with van der Waals surface area (Å²) < 4.78 is 44.9. The highest BCUT2D eigenvalue weighted by Crippen LogP contribution is 2.21. The van der Waals surface area contributed by atoms with E-state index in [1.165, 1.54) is 22.5 Å². The second-order valence-corrected chi connectivity index (χ2v) is 6.10. The summed E-state index contributed by atoms with van der Waals surface area (Å²) in [6, 6.07) is 5.45. The standard InChI is InChI=1S/C12H16FNO3S/c1-2-10-9-14(7-8-17-10)18(15,16)12-6-4-3-5-11(12)13/h3-6,10H,2,7-9H2,1H3. The minimum atomic E-state index is -3.76. The van der Waals surface area contributed by atoms with Crippen molar-refractivity contribution >= 4 is 10.0 Å². The van der Waals surface area contributed by atoms with E-state index in [1.807, 2.05) is 6.92 Å². The lowest BCUT2D eigenvalue weighted by Crippen LogP contribution is -2.45. The Morgan fingerprint density at radius 1 is 1.44 bits per heavy atom. The largest absolute Gasteiger partial charge is 0.375 e. The van der Waals surface area contributed by atoms with Crippen LogP contribution in [0.3, 0.4) is 0 Å². The Labute approximate surface area is 106 Å². The van der Waals surface area contributed by atoms with Gasteiger partial charge in [0.25, 0.3) is 0 Å². The molecule has 1 atom stereocenters. The second kappa shape index (κ2) is 5.34. The number of ether oxygens (including phenoxy) is 1. The van der Waals surface area contributed by atoms with Gasteiger partial charge in [-0.3, -0.25) is 0 Å². The van der Waals surface area contributed by atoms with E-state index < -0.39 is 15.8 Å². The van der Waals surface area contributed by atoms with Crippen LogP contribution in [-0.4, -0.2) is 38.5 Å². The molecule has 18 heavy (non-hydrogen) atoms. The minimum absolute atomic E-state index is 0.111. The van der Waals surface area contributed by atoms with Gasteiger partial charge in [0.05, 0.1) is 12.7 Å². The molecule has 1 fully saturated rings. The first-order valence-corrected chi connectivity index (χ1v) is 7.36. The number of sulfonamides is 1. The summed E-state index contributed by atoms with van der Waals surface area (Å²) in [5, 5.41) is 0. The van der Waals surface area contributed by atoms with Gasteiger partial charge >= 0.3 is 0 Å². The maximum absolute atomic E-state index is 13.6. The molecule has 0 N–H and O–H groups in total. The Morgan fingerprint density at radius 3 is 2.83 bits per heavy atom. The van der Waals surface area contributed by atoms with Gasteiger partial charge in [-0.1, -0.05) is 19.1 Å². The average Bonchev–Trinajstić information content (AvgIpc) is 2.39. The van der Waals surface area contributed by atoms with Crippen molar-refractivity contribution in [2.45, 2.75) is 24.3 Å². The molecule has 0 aliphatic carbocycles. The third-order valence-electron chi connectivity index (χ3n) is 3.01. The van der Waals surface area contributed by atoms with E-state index in [2.05, 4.69) is 0 Å². The van der Waals surface area contributed by atoms with Gasteiger partial charge in [0.15, 0.2) is 0 Å². The number of halogens is 1. The maximum atomic E-state index is 13.6. The number of hydrogen-bond acceptors (Lipinski definition) is 3. The number of rotatable bonds is 3. The minimum Gasteiger partial charge on any atom is -0.375 e. The summed E-state index contributed by atoms with van der Waals surface area (Å²) >= 11 is 0. The molecule has 100 valence electrons. The molecule has 0 bridgehead atoms. The molecule has 0 saturated carbocycles. The molecule has 1 aromatic carbocycles. The van der Waals surface area contributed by atoms with Crippen molar-refractivity contribution in [1.82, 2.24) is 4.31 Å². The Bertz CT molecular complexity index is 518. The van der Waals surface area contributed by atoms with Gasteiger partial charge in [0.2, 0.25) is 10.0 Å². The first kappa shape index (κ1) is 13.5. The Balaban J connectivity index is 2.29. The highest BCUT2D eigenvalue weighted by molar-refractivity contribution is 7.89. The molecule has 1 aliphatic rings. The molecule has 1 saturated heterocycles. The van der Waals surface area contributed by atoms with Gasteiger partial charge in [0.1, 0.15) is 10.7 Å². The van der Waals surface area contributed by atoms with Crippen LogP contribution in [0.25, 0.3) is 0 Å². The highest BCUT2D eigenvalue weighted by Gasteiger charge is 2.31.